The van der Waals surface area contributed by atoms with E-state index in [1.165, 1.54) is 18.2 Å². The lowest BCUT2D eigenvalue weighted by Crippen LogP contribution is -2.49. The molecule has 0 radical (unpaired) electrons. The fourth-order valence-electron chi connectivity index (χ4n) is 6.27. The van der Waals surface area contributed by atoms with Gasteiger partial charge in [0.05, 0.1) is 43.8 Å². The number of hydroxylamine groups is 2. The van der Waals surface area contributed by atoms with Crippen LogP contribution in [-0.2, 0) is 37.1 Å². The summed E-state index contributed by atoms with van der Waals surface area (Å²) in [6.07, 6.45) is 6.11. The van der Waals surface area contributed by atoms with Crippen molar-refractivity contribution in [2.24, 2.45) is 5.92 Å². The lowest BCUT2D eigenvalue weighted by molar-refractivity contribution is -0.171. The molecule has 18 nitrogen and oxygen atoms in total. The molecule has 0 saturated heterocycles. The Balaban J connectivity index is 1.77. The molecule has 2 atom stereocenters. The molecule has 62 heavy (non-hydrogen) atoms. The van der Waals surface area contributed by atoms with Gasteiger partial charge in [0, 0.05) is 5.56 Å². The molecule has 1 heterocycles. The zero-order valence-electron chi connectivity index (χ0n) is 36.3. The van der Waals surface area contributed by atoms with E-state index in [-0.39, 0.29) is 54.4 Å². The monoisotopic (exact) mass is 909 g/mol. The number of aryl methyl sites for hydroxylation is 1. The third-order valence-corrected chi connectivity index (χ3v) is 11.9. The van der Waals surface area contributed by atoms with E-state index < -0.39 is 52.0 Å². The van der Waals surface area contributed by atoms with Gasteiger partial charge in [0.25, 0.3) is 5.91 Å². The summed E-state index contributed by atoms with van der Waals surface area (Å²) in [5, 5.41) is 6.38. The van der Waals surface area contributed by atoms with Crippen molar-refractivity contribution in [2.45, 2.75) is 105 Å². The maximum absolute atomic E-state index is 14.1. The van der Waals surface area contributed by atoms with Gasteiger partial charge in [-0.3, -0.25) is 18.9 Å². The van der Waals surface area contributed by atoms with Gasteiger partial charge in [0.1, 0.15) is 22.8 Å². The second-order valence-corrected chi connectivity index (χ2v) is 17.4. The molecule has 0 bridgehead atoms. The number of ether oxygens (including phenoxy) is 2. The topological polar surface area (TPSA) is 239 Å². The molecule has 3 aromatic rings. The second kappa shape index (κ2) is 26.2. The summed E-state index contributed by atoms with van der Waals surface area (Å²) in [7, 11) is -8.62. The summed E-state index contributed by atoms with van der Waals surface area (Å²) in [5.74, 6) is -2.56. The molecule has 1 aromatic heterocycles. The van der Waals surface area contributed by atoms with Crippen LogP contribution in [0.2, 0.25) is 0 Å². The predicted octanol–water partition coefficient (Wildman–Crippen LogP) is 7.56. The highest BCUT2D eigenvalue weighted by atomic mass is 31.2. The van der Waals surface area contributed by atoms with Crippen molar-refractivity contribution in [1.29, 1.82) is 0 Å². The van der Waals surface area contributed by atoms with Gasteiger partial charge < -0.3 is 48.2 Å². The summed E-state index contributed by atoms with van der Waals surface area (Å²) in [6.45, 7) is 10.7. The second-order valence-electron chi connectivity index (χ2n) is 14.2. The predicted molar refractivity (Wildman–Crippen MR) is 230 cm³/mol. The highest BCUT2D eigenvalue weighted by Crippen LogP contribution is 2.49. The van der Waals surface area contributed by atoms with E-state index in [0.717, 1.165) is 30.7 Å². The first-order chi connectivity index (χ1) is 29.6. The minimum Gasteiger partial charge on any atom is -0.494 e. The standard InChI is InChI=1S/C42H61N3O15P2/c1-7-12-15-18-34(35(10-4)45(28-46)60-42(49)39-30(6)17-16-19-37(39)55-29-58-62(51,52)53)40(47)43-27-44-41(48)38-21-20-36(59-38)31-24-32(54-11-5)26-33(25-31)61(50,56-22-13-8-2)57-23-14-9-3/h16-17,19-21,24-26,28,34-35H,7-15,18,22-23,27,29H2,1-6H3,(H,43,47)(H,44,48)(H2,51,52,53)/t34-,35-/m1/s1. The van der Waals surface area contributed by atoms with Crippen molar-refractivity contribution < 1.29 is 70.4 Å². The van der Waals surface area contributed by atoms with Gasteiger partial charge >= 0.3 is 21.4 Å². The summed E-state index contributed by atoms with van der Waals surface area (Å²) < 4.78 is 58.3. The molecular formula is C42H61N3O15P2. The lowest BCUT2D eigenvalue weighted by Gasteiger charge is -2.32. The van der Waals surface area contributed by atoms with E-state index in [4.69, 9.17) is 37.6 Å². The molecule has 0 aliphatic carbocycles. The van der Waals surface area contributed by atoms with E-state index in [1.54, 1.807) is 44.2 Å². The van der Waals surface area contributed by atoms with Gasteiger partial charge in [-0.2, -0.15) is 5.06 Å². The molecule has 20 heteroatoms. The minimum atomic E-state index is -4.87. The van der Waals surface area contributed by atoms with Crippen LogP contribution >= 0.6 is 15.4 Å². The van der Waals surface area contributed by atoms with Crippen molar-refractivity contribution in [2.75, 3.05) is 33.3 Å². The van der Waals surface area contributed by atoms with E-state index >= 15 is 0 Å². The molecule has 4 N–H and O–H groups in total. The number of carbonyl (C=O) groups is 4. The number of nitrogens with one attached hydrogen (secondary N) is 2. The van der Waals surface area contributed by atoms with Crippen LogP contribution in [0.1, 0.15) is 119 Å². The Morgan fingerprint density at radius 3 is 2.16 bits per heavy atom. The van der Waals surface area contributed by atoms with Crippen LogP contribution in [0, 0.1) is 12.8 Å². The molecule has 0 saturated carbocycles. The Hall–Kier alpha value is -4.54. The normalized spacial score (nSPS) is 12.6. The summed E-state index contributed by atoms with van der Waals surface area (Å²) in [5.41, 5.74) is 0.709. The van der Waals surface area contributed by atoms with Gasteiger partial charge in [-0.25, -0.2) is 13.9 Å². The smallest absolute Gasteiger partial charge is 0.472 e. The summed E-state index contributed by atoms with van der Waals surface area (Å²) >= 11 is 0. The molecule has 0 aliphatic heterocycles. The Morgan fingerprint density at radius 1 is 0.855 bits per heavy atom. The first kappa shape index (κ1) is 51.8. The number of unbranched alkanes of at least 4 members (excludes halogenated alkanes) is 4. The van der Waals surface area contributed by atoms with Crippen molar-refractivity contribution >= 4 is 44.9 Å². The number of nitrogens with zero attached hydrogens (tertiary/aromatic N) is 1. The molecule has 3 rings (SSSR count). The number of carbonyl (C=O) groups excluding carboxylic acids is 4. The van der Waals surface area contributed by atoms with Crippen LogP contribution in [0.15, 0.2) is 52.9 Å². The highest BCUT2D eigenvalue weighted by molar-refractivity contribution is 7.62. The van der Waals surface area contributed by atoms with Gasteiger partial charge in [0.2, 0.25) is 12.3 Å². The molecule has 0 aliphatic rings. The lowest BCUT2D eigenvalue weighted by atomic mass is 9.90. The van der Waals surface area contributed by atoms with Gasteiger partial charge in [-0.05, 0) is 81.5 Å². The van der Waals surface area contributed by atoms with Crippen LogP contribution in [0.4, 0.5) is 0 Å². The number of phosphoric ester groups is 1. The molecule has 0 unspecified atom stereocenters. The summed E-state index contributed by atoms with van der Waals surface area (Å²) in [6, 6.07) is 11.5. The van der Waals surface area contributed by atoms with Crippen LogP contribution in [0.5, 0.6) is 11.5 Å². The fraction of sp³-hybridized carbons (Fsp3) is 0.524. The van der Waals surface area contributed by atoms with Gasteiger partial charge in [-0.15, -0.1) is 0 Å². The Kier molecular flexibility index (Phi) is 21.9. The van der Waals surface area contributed by atoms with Crippen molar-refractivity contribution in [3.63, 3.8) is 0 Å². The SMILES string of the molecule is CCCCC[C@@H](C(=O)NCNC(=O)c1ccc(-c2cc(OCC)cc(P(=O)(OCCCC)OCCCC)c2)o1)[C@@H](CC)N(C=O)OC(=O)c1c(C)cccc1OCOP(=O)(O)O. The van der Waals surface area contributed by atoms with Gasteiger partial charge in [0.15, 0.2) is 12.6 Å². The molecule has 2 aromatic carbocycles. The number of benzene rings is 2. The Morgan fingerprint density at radius 2 is 1.55 bits per heavy atom. The first-order valence-corrected chi connectivity index (χ1v) is 23.9. The van der Waals surface area contributed by atoms with Crippen LogP contribution in [0.25, 0.3) is 11.3 Å². The molecular weight excluding hydrogens is 848 g/mol. The third kappa shape index (κ3) is 16.0. The average molecular weight is 910 g/mol. The first-order valence-electron chi connectivity index (χ1n) is 20.9. The molecule has 0 fully saturated rings. The Bertz CT molecular complexity index is 1990. The molecule has 3 amide bonds. The van der Waals surface area contributed by atoms with E-state index in [9.17, 15) is 28.3 Å². The van der Waals surface area contributed by atoms with E-state index in [2.05, 4.69) is 15.2 Å². The number of phosphoric acid groups is 1. The zero-order valence-corrected chi connectivity index (χ0v) is 38.1. The molecule has 0 spiro atoms. The fourth-order valence-corrected chi connectivity index (χ4v) is 8.15. The van der Waals surface area contributed by atoms with Gasteiger partial charge in [-0.1, -0.05) is 71.9 Å². The maximum Gasteiger partial charge on any atom is 0.472 e. The minimum absolute atomic E-state index is 0.0722. The average Bonchev–Trinajstić information content (AvgIpc) is 3.73. The van der Waals surface area contributed by atoms with Crippen molar-refractivity contribution in [3.8, 4) is 22.8 Å². The van der Waals surface area contributed by atoms with E-state index in [1.807, 2.05) is 27.7 Å². The highest BCUT2D eigenvalue weighted by Gasteiger charge is 2.35. The number of amides is 3. The van der Waals surface area contributed by atoms with Crippen molar-refractivity contribution in [3.05, 3.63) is 65.4 Å². The third-order valence-electron chi connectivity index (χ3n) is 9.49. The van der Waals surface area contributed by atoms with Crippen molar-refractivity contribution in [1.82, 2.24) is 15.7 Å². The number of hydrogen-bond donors (Lipinski definition) is 4. The number of rotatable bonds is 30. The van der Waals surface area contributed by atoms with Crippen LogP contribution < -0.4 is 25.4 Å². The quantitative estimate of drug-likeness (QED) is 0.0166. The maximum atomic E-state index is 14.1. The van der Waals surface area contributed by atoms with Crippen LogP contribution in [0.3, 0.4) is 0 Å². The molecule has 344 valence electrons. The zero-order chi connectivity index (χ0) is 45.7. The van der Waals surface area contributed by atoms with E-state index in [0.29, 0.717) is 55.6 Å². The largest absolute Gasteiger partial charge is 0.494 e. The van der Waals surface area contributed by atoms with Crippen LogP contribution in [-0.4, -0.2) is 78.4 Å². The number of furan rings is 1. The summed E-state index contributed by atoms with van der Waals surface area (Å²) in [4.78, 5) is 76.5. The number of hydrogen-bond acceptors (Lipinski definition) is 13. The Labute approximate surface area is 363 Å².